The zero-order valence-electron chi connectivity index (χ0n) is 15.1. The van der Waals surface area contributed by atoms with Gasteiger partial charge in [-0.05, 0) is 29.2 Å². The normalized spacial score (nSPS) is 14.7. The number of hydrogen-bond donors (Lipinski definition) is 0. The van der Waals surface area contributed by atoms with Crippen LogP contribution in [0.15, 0.2) is 42.6 Å². The van der Waals surface area contributed by atoms with Crippen LogP contribution < -0.4 is 4.90 Å². The molecule has 3 rings (SSSR count). The maximum atomic E-state index is 11.6. The fourth-order valence-corrected chi connectivity index (χ4v) is 3.07. The highest BCUT2D eigenvalue weighted by molar-refractivity contribution is 5.68. The molecule has 1 aromatic carbocycles. The SMILES string of the molecule is COC(=O)N1CCN(c2ccc(-c3cccc(C(C)C)c3)cn2)CC1. The number of benzene rings is 1. The summed E-state index contributed by atoms with van der Waals surface area (Å²) in [7, 11) is 1.42. The van der Waals surface area contributed by atoms with Gasteiger partial charge in [-0.25, -0.2) is 9.78 Å². The van der Waals surface area contributed by atoms with Crippen LogP contribution in [-0.2, 0) is 4.74 Å². The number of methoxy groups -OCH3 is 1. The second kappa shape index (κ2) is 7.55. The van der Waals surface area contributed by atoms with Crippen LogP contribution in [0.2, 0.25) is 0 Å². The summed E-state index contributed by atoms with van der Waals surface area (Å²) in [6, 6.07) is 12.8. The molecule has 1 aromatic heterocycles. The summed E-state index contributed by atoms with van der Waals surface area (Å²) < 4.78 is 4.77. The van der Waals surface area contributed by atoms with Crippen molar-refractivity contribution in [2.45, 2.75) is 19.8 Å². The highest BCUT2D eigenvalue weighted by Crippen LogP contribution is 2.25. The number of pyridine rings is 1. The van der Waals surface area contributed by atoms with E-state index >= 15 is 0 Å². The Balaban J connectivity index is 1.69. The molecule has 132 valence electrons. The lowest BCUT2D eigenvalue weighted by atomic mass is 9.98. The minimum atomic E-state index is -0.256. The van der Waals surface area contributed by atoms with Gasteiger partial charge in [-0.3, -0.25) is 0 Å². The molecule has 0 bridgehead atoms. The number of hydrogen-bond acceptors (Lipinski definition) is 4. The molecule has 5 nitrogen and oxygen atoms in total. The summed E-state index contributed by atoms with van der Waals surface area (Å²) in [5.74, 6) is 1.46. The predicted octanol–water partition coefficient (Wildman–Crippen LogP) is 3.76. The number of amides is 1. The van der Waals surface area contributed by atoms with E-state index in [0.29, 0.717) is 19.0 Å². The number of anilines is 1. The molecule has 0 radical (unpaired) electrons. The number of ether oxygens (including phenoxy) is 1. The highest BCUT2D eigenvalue weighted by atomic mass is 16.5. The largest absolute Gasteiger partial charge is 0.453 e. The van der Waals surface area contributed by atoms with E-state index < -0.39 is 0 Å². The molecule has 2 heterocycles. The molecule has 1 amide bonds. The summed E-state index contributed by atoms with van der Waals surface area (Å²) in [5.41, 5.74) is 3.65. The molecule has 1 aliphatic heterocycles. The van der Waals surface area contributed by atoms with E-state index in [1.54, 1.807) is 4.90 Å². The van der Waals surface area contributed by atoms with Gasteiger partial charge >= 0.3 is 6.09 Å². The van der Waals surface area contributed by atoms with Gasteiger partial charge in [-0.2, -0.15) is 0 Å². The van der Waals surface area contributed by atoms with E-state index in [1.165, 1.54) is 18.2 Å². The molecule has 5 heteroatoms. The highest BCUT2D eigenvalue weighted by Gasteiger charge is 2.22. The topological polar surface area (TPSA) is 45.7 Å². The zero-order valence-corrected chi connectivity index (χ0v) is 15.1. The van der Waals surface area contributed by atoms with E-state index in [1.807, 2.05) is 6.20 Å². The molecule has 0 N–H and O–H groups in total. The van der Waals surface area contributed by atoms with Crippen molar-refractivity contribution < 1.29 is 9.53 Å². The molecule has 0 atom stereocenters. The molecule has 0 aliphatic carbocycles. The third-order valence-electron chi connectivity index (χ3n) is 4.67. The Morgan fingerprint density at radius 3 is 2.44 bits per heavy atom. The quantitative estimate of drug-likeness (QED) is 0.854. The van der Waals surface area contributed by atoms with E-state index in [0.717, 1.165) is 24.5 Å². The van der Waals surface area contributed by atoms with E-state index in [9.17, 15) is 4.79 Å². The van der Waals surface area contributed by atoms with E-state index in [4.69, 9.17) is 4.74 Å². The Kier molecular flexibility index (Phi) is 5.22. The summed E-state index contributed by atoms with van der Waals surface area (Å²) in [4.78, 5) is 20.1. The molecular weight excluding hydrogens is 314 g/mol. The Labute approximate surface area is 149 Å². The van der Waals surface area contributed by atoms with Crippen molar-refractivity contribution in [3.63, 3.8) is 0 Å². The van der Waals surface area contributed by atoms with Crippen molar-refractivity contribution in [3.05, 3.63) is 48.2 Å². The molecule has 1 fully saturated rings. The van der Waals surface area contributed by atoms with Gasteiger partial charge in [0.1, 0.15) is 5.82 Å². The lowest BCUT2D eigenvalue weighted by molar-refractivity contribution is 0.121. The zero-order chi connectivity index (χ0) is 17.8. The summed E-state index contributed by atoms with van der Waals surface area (Å²) in [6.45, 7) is 7.26. The van der Waals surface area contributed by atoms with Gasteiger partial charge in [-0.15, -0.1) is 0 Å². The third kappa shape index (κ3) is 3.92. The Bertz CT molecular complexity index is 720. The van der Waals surface area contributed by atoms with Gasteiger partial charge in [0.05, 0.1) is 7.11 Å². The van der Waals surface area contributed by atoms with Crippen molar-refractivity contribution in [1.29, 1.82) is 0 Å². The average molecular weight is 339 g/mol. The molecule has 0 unspecified atom stereocenters. The number of aromatic nitrogens is 1. The lowest BCUT2D eigenvalue weighted by Gasteiger charge is -2.34. The smallest absolute Gasteiger partial charge is 0.409 e. The number of nitrogens with zero attached hydrogens (tertiary/aromatic N) is 3. The van der Waals surface area contributed by atoms with Crippen LogP contribution in [0.4, 0.5) is 10.6 Å². The molecule has 1 aliphatic rings. The minimum Gasteiger partial charge on any atom is -0.453 e. The monoisotopic (exact) mass is 339 g/mol. The minimum absolute atomic E-state index is 0.256. The predicted molar refractivity (Wildman–Crippen MR) is 100.0 cm³/mol. The Hall–Kier alpha value is -2.56. The van der Waals surface area contributed by atoms with Gasteiger partial charge < -0.3 is 14.5 Å². The first-order valence-electron chi connectivity index (χ1n) is 8.72. The van der Waals surface area contributed by atoms with Crippen LogP contribution in [0, 0.1) is 0 Å². The molecule has 2 aromatic rings. The number of carbonyl (C=O) groups excluding carboxylic acids is 1. The van der Waals surface area contributed by atoms with E-state index in [-0.39, 0.29) is 6.09 Å². The lowest BCUT2D eigenvalue weighted by Crippen LogP contribution is -2.49. The van der Waals surface area contributed by atoms with Gasteiger partial charge in [0.25, 0.3) is 0 Å². The summed E-state index contributed by atoms with van der Waals surface area (Å²) >= 11 is 0. The first kappa shape index (κ1) is 17.3. The average Bonchev–Trinajstić information content (AvgIpc) is 2.67. The maximum Gasteiger partial charge on any atom is 0.409 e. The standard InChI is InChI=1S/C20H25N3O2/c1-15(2)16-5-4-6-17(13-16)18-7-8-19(21-14-18)22-9-11-23(12-10-22)20(24)25-3/h4-8,13-15H,9-12H2,1-3H3. The van der Waals surface area contributed by atoms with Crippen LogP contribution in [0.1, 0.15) is 25.3 Å². The van der Waals surface area contributed by atoms with Gasteiger partial charge in [0.15, 0.2) is 0 Å². The fourth-order valence-electron chi connectivity index (χ4n) is 3.07. The van der Waals surface area contributed by atoms with Gasteiger partial charge in [0.2, 0.25) is 0 Å². The fraction of sp³-hybridized carbons (Fsp3) is 0.400. The van der Waals surface area contributed by atoms with Crippen molar-refractivity contribution in [2.75, 3.05) is 38.2 Å². The number of carbonyl (C=O) groups is 1. The molecule has 1 saturated heterocycles. The first-order chi connectivity index (χ1) is 12.1. The van der Waals surface area contributed by atoms with Crippen molar-refractivity contribution >= 4 is 11.9 Å². The van der Waals surface area contributed by atoms with Crippen LogP contribution in [0.5, 0.6) is 0 Å². The van der Waals surface area contributed by atoms with Crippen molar-refractivity contribution in [1.82, 2.24) is 9.88 Å². The summed E-state index contributed by atoms with van der Waals surface area (Å²) in [5, 5.41) is 0. The number of piperazine rings is 1. The molecule has 0 spiro atoms. The second-order valence-electron chi connectivity index (χ2n) is 6.63. The van der Waals surface area contributed by atoms with E-state index in [2.05, 4.69) is 60.1 Å². The van der Waals surface area contributed by atoms with Crippen molar-refractivity contribution in [2.24, 2.45) is 0 Å². The third-order valence-corrected chi connectivity index (χ3v) is 4.67. The molecule has 25 heavy (non-hydrogen) atoms. The maximum absolute atomic E-state index is 11.6. The van der Waals surface area contributed by atoms with Crippen LogP contribution in [0.3, 0.4) is 0 Å². The van der Waals surface area contributed by atoms with Crippen LogP contribution in [-0.4, -0.2) is 49.3 Å². The Morgan fingerprint density at radius 1 is 1.08 bits per heavy atom. The number of rotatable bonds is 3. The van der Waals surface area contributed by atoms with Gasteiger partial charge in [0, 0.05) is 37.9 Å². The Morgan fingerprint density at radius 2 is 1.84 bits per heavy atom. The van der Waals surface area contributed by atoms with Crippen LogP contribution in [0.25, 0.3) is 11.1 Å². The van der Waals surface area contributed by atoms with Gasteiger partial charge in [-0.1, -0.05) is 38.1 Å². The molecule has 0 saturated carbocycles. The summed E-state index contributed by atoms with van der Waals surface area (Å²) in [6.07, 6.45) is 1.68. The molecular formula is C20H25N3O2. The van der Waals surface area contributed by atoms with Crippen LogP contribution >= 0.6 is 0 Å². The first-order valence-corrected chi connectivity index (χ1v) is 8.72. The van der Waals surface area contributed by atoms with Crippen molar-refractivity contribution in [3.8, 4) is 11.1 Å². The second-order valence-corrected chi connectivity index (χ2v) is 6.63.